The van der Waals surface area contributed by atoms with Crippen LogP contribution >= 0.6 is 11.8 Å². The van der Waals surface area contributed by atoms with Gasteiger partial charge in [-0.3, -0.25) is 14.4 Å². The zero-order valence-corrected chi connectivity index (χ0v) is 19.6. The number of piperidine rings is 1. The molecule has 1 saturated heterocycles. The summed E-state index contributed by atoms with van der Waals surface area (Å²) in [7, 11) is 0. The number of carbonyl (C=O) groups excluding carboxylic acids is 3. The molecule has 2 N–H and O–H groups in total. The molecule has 2 aliphatic heterocycles. The van der Waals surface area contributed by atoms with E-state index >= 15 is 0 Å². The number of hydrogen-bond donors (Lipinski definition) is 2. The third-order valence-electron chi connectivity index (χ3n) is 7.61. The van der Waals surface area contributed by atoms with Crippen molar-refractivity contribution in [3.63, 3.8) is 0 Å². The van der Waals surface area contributed by atoms with E-state index in [0.29, 0.717) is 31.3 Å². The maximum absolute atomic E-state index is 12.7. The van der Waals surface area contributed by atoms with E-state index in [9.17, 15) is 14.4 Å². The average molecular weight is 449 g/mol. The molecule has 31 heavy (non-hydrogen) atoms. The molecule has 1 unspecified atom stereocenters. The number of likely N-dealkylation sites (tertiary alicyclic amines) is 1. The lowest BCUT2D eigenvalue weighted by Gasteiger charge is -2.35. The summed E-state index contributed by atoms with van der Waals surface area (Å²) in [6.45, 7) is 5.60. The molecule has 2 bridgehead atoms. The van der Waals surface area contributed by atoms with Crippen molar-refractivity contribution >= 4 is 34.7 Å². The van der Waals surface area contributed by atoms with Crippen molar-refractivity contribution in [1.29, 1.82) is 0 Å². The lowest BCUT2D eigenvalue weighted by atomic mass is 9.87. The fourth-order valence-electron chi connectivity index (χ4n) is 5.86. The third-order valence-corrected chi connectivity index (χ3v) is 8.81. The van der Waals surface area contributed by atoms with E-state index in [1.54, 1.807) is 11.8 Å². The molecule has 3 fully saturated rings. The summed E-state index contributed by atoms with van der Waals surface area (Å²) in [5, 5.41) is 7.16. The van der Waals surface area contributed by atoms with E-state index in [0.717, 1.165) is 49.4 Å². The Kier molecular flexibility index (Phi) is 6.94. The van der Waals surface area contributed by atoms with E-state index < -0.39 is 4.75 Å². The number of nitrogens with zero attached hydrogens (tertiary/aromatic N) is 2. The highest BCUT2D eigenvalue weighted by Crippen LogP contribution is 2.46. The van der Waals surface area contributed by atoms with Crippen molar-refractivity contribution < 1.29 is 14.4 Å². The molecule has 2 aliphatic carbocycles. The first-order valence-corrected chi connectivity index (χ1v) is 12.7. The first-order valence-electron chi connectivity index (χ1n) is 11.9. The highest BCUT2D eigenvalue weighted by molar-refractivity contribution is 8.16. The Morgan fingerprint density at radius 2 is 1.97 bits per heavy atom. The molecule has 0 aromatic rings. The zero-order valence-electron chi connectivity index (χ0n) is 18.8. The van der Waals surface area contributed by atoms with Crippen molar-refractivity contribution in [3.8, 4) is 0 Å². The van der Waals surface area contributed by atoms with Gasteiger partial charge in [-0.05, 0) is 69.6 Å². The van der Waals surface area contributed by atoms with Gasteiger partial charge in [0.05, 0.1) is 0 Å². The SMILES string of the molecule is CC(=O)NCCCC(=O)N1CCC(CC2(C)SC(N[C@H]3C[C@@H]4CC[C@H]3C4)=NC2=O)CC1. The molecule has 7 nitrogen and oxygen atoms in total. The van der Waals surface area contributed by atoms with Gasteiger partial charge in [-0.1, -0.05) is 18.2 Å². The van der Waals surface area contributed by atoms with E-state index in [2.05, 4.69) is 15.6 Å². The van der Waals surface area contributed by atoms with Crippen LogP contribution in [0.15, 0.2) is 4.99 Å². The van der Waals surface area contributed by atoms with Crippen LogP contribution in [0.2, 0.25) is 0 Å². The number of aliphatic imine (C=N–C) groups is 1. The van der Waals surface area contributed by atoms with Gasteiger partial charge in [0.1, 0.15) is 4.75 Å². The Morgan fingerprint density at radius 1 is 1.19 bits per heavy atom. The Labute approximate surface area is 189 Å². The number of carbonyl (C=O) groups is 3. The minimum atomic E-state index is -0.477. The van der Waals surface area contributed by atoms with Crippen LogP contribution in [0.3, 0.4) is 0 Å². The second kappa shape index (κ2) is 9.51. The molecule has 3 amide bonds. The third kappa shape index (κ3) is 5.44. The van der Waals surface area contributed by atoms with Crippen LogP contribution in [0, 0.1) is 17.8 Å². The summed E-state index contributed by atoms with van der Waals surface area (Å²) >= 11 is 1.63. The standard InChI is InChI=1S/C23H36N4O3S/c1-15(28)24-9-3-4-20(29)27-10-7-16(8-11-27)14-23(2)21(30)26-22(31-23)25-19-13-17-5-6-18(19)12-17/h16-19H,3-14H2,1-2H3,(H,24,28)(H,25,26,30)/t17-,18+,19+,23?/m1/s1. The molecule has 2 heterocycles. The fourth-order valence-corrected chi connectivity index (χ4v) is 7.08. The monoisotopic (exact) mass is 448 g/mol. The quantitative estimate of drug-likeness (QED) is 0.585. The predicted octanol–water partition coefficient (Wildman–Crippen LogP) is 2.70. The van der Waals surface area contributed by atoms with Crippen LogP contribution in [0.5, 0.6) is 0 Å². The number of thioether (sulfide) groups is 1. The summed E-state index contributed by atoms with van der Waals surface area (Å²) in [5.41, 5.74) is 0. The molecule has 4 rings (SSSR count). The van der Waals surface area contributed by atoms with E-state index in [1.165, 1.54) is 32.6 Å². The maximum Gasteiger partial charge on any atom is 0.264 e. The van der Waals surface area contributed by atoms with Gasteiger partial charge in [0.2, 0.25) is 11.8 Å². The normalized spacial score (nSPS) is 33.0. The largest absolute Gasteiger partial charge is 0.361 e. The number of hydrogen-bond acceptors (Lipinski definition) is 5. The van der Waals surface area contributed by atoms with Crippen molar-refractivity contribution in [3.05, 3.63) is 0 Å². The lowest BCUT2D eigenvalue weighted by molar-refractivity contribution is -0.133. The summed E-state index contributed by atoms with van der Waals surface area (Å²) in [6.07, 6.45) is 9.11. The number of nitrogens with one attached hydrogen (secondary N) is 2. The van der Waals surface area contributed by atoms with Gasteiger partial charge in [-0.15, -0.1) is 0 Å². The van der Waals surface area contributed by atoms with Crippen molar-refractivity contribution in [2.24, 2.45) is 22.7 Å². The van der Waals surface area contributed by atoms with Crippen LogP contribution in [-0.4, -0.2) is 58.2 Å². The molecule has 8 heteroatoms. The molecule has 4 aliphatic rings. The van der Waals surface area contributed by atoms with Crippen molar-refractivity contribution in [1.82, 2.24) is 15.5 Å². The predicted molar refractivity (Wildman–Crippen MR) is 123 cm³/mol. The molecule has 0 spiro atoms. The van der Waals surface area contributed by atoms with Crippen LogP contribution in [0.1, 0.15) is 71.6 Å². The van der Waals surface area contributed by atoms with Crippen molar-refractivity contribution in [2.75, 3.05) is 19.6 Å². The minimum absolute atomic E-state index is 0.000339. The van der Waals surface area contributed by atoms with Gasteiger partial charge in [-0.25, -0.2) is 0 Å². The van der Waals surface area contributed by atoms with Gasteiger partial charge in [0.25, 0.3) is 5.91 Å². The summed E-state index contributed by atoms with van der Waals surface area (Å²) in [5.74, 6) is 2.19. The molecule has 0 aromatic carbocycles. The molecular formula is C23H36N4O3S. The zero-order chi connectivity index (χ0) is 22.0. The lowest BCUT2D eigenvalue weighted by Crippen LogP contribution is -2.41. The molecular weight excluding hydrogens is 412 g/mol. The second-order valence-electron chi connectivity index (χ2n) is 10.1. The number of rotatable bonds is 7. The fraction of sp³-hybridized carbons (Fsp3) is 0.826. The number of amides is 3. The molecule has 172 valence electrons. The van der Waals surface area contributed by atoms with E-state index in [-0.39, 0.29) is 17.7 Å². The first kappa shape index (κ1) is 22.6. The van der Waals surface area contributed by atoms with Gasteiger partial charge in [0.15, 0.2) is 5.17 Å². The topological polar surface area (TPSA) is 90.9 Å². The van der Waals surface area contributed by atoms with Gasteiger partial charge < -0.3 is 15.5 Å². The Bertz CT molecular complexity index is 749. The molecule has 4 atom stereocenters. The van der Waals surface area contributed by atoms with Gasteiger partial charge in [-0.2, -0.15) is 4.99 Å². The van der Waals surface area contributed by atoms with E-state index in [4.69, 9.17) is 0 Å². The molecule has 2 saturated carbocycles. The summed E-state index contributed by atoms with van der Waals surface area (Å²) in [4.78, 5) is 42.4. The highest BCUT2D eigenvalue weighted by Gasteiger charge is 2.46. The maximum atomic E-state index is 12.7. The highest BCUT2D eigenvalue weighted by atomic mass is 32.2. The van der Waals surface area contributed by atoms with Crippen LogP contribution < -0.4 is 10.6 Å². The van der Waals surface area contributed by atoms with Crippen LogP contribution in [-0.2, 0) is 14.4 Å². The first-order chi connectivity index (χ1) is 14.8. The van der Waals surface area contributed by atoms with Crippen LogP contribution in [0.4, 0.5) is 0 Å². The number of fused-ring (bicyclic) bond motifs is 2. The molecule has 0 radical (unpaired) electrons. The van der Waals surface area contributed by atoms with Crippen molar-refractivity contribution in [2.45, 2.75) is 82.4 Å². The van der Waals surface area contributed by atoms with Gasteiger partial charge in [0, 0.05) is 39.0 Å². The minimum Gasteiger partial charge on any atom is -0.361 e. The van der Waals surface area contributed by atoms with Gasteiger partial charge >= 0.3 is 0 Å². The number of amidine groups is 1. The summed E-state index contributed by atoms with van der Waals surface area (Å²) in [6, 6.07) is 0.500. The Morgan fingerprint density at radius 3 is 2.61 bits per heavy atom. The smallest absolute Gasteiger partial charge is 0.264 e. The summed E-state index contributed by atoms with van der Waals surface area (Å²) < 4.78 is -0.477. The Balaban J connectivity index is 1.19. The average Bonchev–Trinajstić information content (AvgIpc) is 3.41. The molecule has 0 aromatic heterocycles. The second-order valence-corrected chi connectivity index (χ2v) is 11.6. The Hall–Kier alpha value is -1.57. The van der Waals surface area contributed by atoms with E-state index in [1.807, 2.05) is 11.8 Å². The van der Waals surface area contributed by atoms with Crippen LogP contribution in [0.25, 0.3) is 0 Å².